The molecule has 0 spiro atoms. The lowest BCUT2D eigenvalue weighted by Crippen LogP contribution is -2.55. The fourth-order valence-electron chi connectivity index (χ4n) is 3.17. The minimum Gasteiger partial charge on any atom is -0.381 e. The van der Waals surface area contributed by atoms with Gasteiger partial charge in [-0.1, -0.05) is 0 Å². The van der Waals surface area contributed by atoms with Crippen molar-refractivity contribution in [2.24, 2.45) is 5.92 Å². The Morgan fingerprint density at radius 2 is 1.91 bits per heavy atom. The summed E-state index contributed by atoms with van der Waals surface area (Å²) in [6.07, 6.45) is 0.902. The highest BCUT2D eigenvalue weighted by atomic mass is 35.5. The van der Waals surface area contributed by atoms with Crippen molar-refractivity contribution in [3.05, 3.63) is 0 Å². The molecule has 0 aromatic carbocycles. The van der Waals surface area contributed by atoms with Crippen LogP contribution < -0.4 is 5.32 Å². The van der Waals surface area contributed by atoms with Gasteiger partial charge in [0.1, 0.15) is 6.10 Å². The summed E-state index contributed by atoms with van der Waals surface area (Å²) in [5.74, 6) is 0.837. The Balaban J connectivity index is 0.00000121. The molecule has 0 aromatic heterocycles. The van der Waals surface area contributed by atoms with Gasteiger partial charge < -0.3 is 19.7 Å². The summed E-state index contributed by atoms with van der Waals surface area (Å²) >= 11 is 0. The van der Waals surface area contributed by atoms with E-state index in [2.05, 4.69) is 10.2 Å². The van der Waals surface area contributed by atoms with Gasteiger partial charge in [0, 0.05) is 52.4 Å². The monoisotopic (exact) mass is 355 g/mol. The highest BCUT2D eigenvalue weighted by Crippen LogP contribution is 2.15. The first-order chi connectivity index (χ1) is 9.83. The number of piperazine rings is 1. The molecule has 0 radical (unpaired) electrons. The number of rotatable bonds is 3. The quantitative estimate of drug-likeness (QED) is 0.772. The summed E-state index contributed by atoms with van der Waals surface area (Å²) < 4.78 is 11.0. The molecular weight excluding hydrogens is 329 g/mol. The van der Waals surface area contributed by atoms with Gasteiger partial charge in [0.15, 0.2) is 0 Å². The number of amides is 1. The predicted octanol–water partition coefficient (Wildman–Crippen LogP) is -0.000900. The van der Waals surface area contributed by atoms with Crippen molar-refractivity contribution in [2.75, 3.05) is 65.6 Å². The number of ether oxygens (including phenoxy) is 2. The highest BCUT2D eigenvalue weighted by Gasteiger charge is 2.30. The molecule has 2 unspecified atom stereocenters. The average Bonchev–Trinajstić information content (AvgIpc) is 3.01. The van der Waals surface area contributed by atoms with Gasteiger partial charge in [0.05, 0.1) is 13.2 Å². The van der Waals surface area contributed by atoms with E-state index in [0.717, 1.165) is 52.5 Å². The van der Waals surface area contributed by atoms with Gasteiger partial charge in [-0.15, -0.1) is 24.8 Å². The molecule has 8 heteroatoms. The van der Waals surface area contributed by atoms with Gasteiger partial charge in [-0.25, -0.2) is 0 Å². The number of hydrogen-bond donors (Lipinski definition) is 1. The van der Waals surface area contributed by atoms with Crippen molar-refractivity contribution >= 4 is 30.7 Å². The summed E-state index contributed by atoms with van der Waals surface area (Å²) in [5, 5.41) is 3.22. The normalized spacial score (nSPS) is 29.5. The molecule has 3 aliphatic rings. The summed E-state index contributed by atoms with van der Waals surface area (Å²) in [6.45, 7) is 8.67. The fraction of sp³-hybridized carbons (Fsp3) is 0.929. The number of carbonyl (C=O) groups excluding carboxylic acids is 1. The van der Waals surface area contributed by atoms with E-state index in [4.69, 9.17) is 9.47 Å². The lowest BCUT2D eigenvalue weighted by atomic mass is 10.1. The molecule has 22 heavy (non-hydrogen) atoms. The molecule has 3 rings (SSSR count). The summed E-state index contributed by atoms with van der Waals surface area (Å²) in [5.41, 5.74) is 0. The minimum absolute atomic E-state index is 0. The molecule has 6 nitrogen and oxygen atoms in total. The van der Waals surface area contributed by atoms with E-state index in [9.17, 15) is 4.79 Å². The van der Waals surface area contributed by atoms with Gasteiger partial charge in [-0.2, -0.15) is 0 Å². The summed E-state index contributed by atoms with van der Waals surface area (Å²) in [7, 11) is 0. The van der Waals surface area contributed by atoms with Crippen LogP contribution in [0.5, 0.6) is 0 Å². The molecular formula is C14H27Cl2N3O3. The maximum atomic E-state index is 12.3. The van der Waals surface area contributed by atoms with E-state index >= 15 is 0 Å². The minimum atomic E-state index is -0.279. The van der Waals surface area contributed by atoms with Crippen LogP contribution in [0.25, 0.3) is 0 Å². The number of morpholine rings is 1. The molecule has 3 fully saturated rings. The molecule has 130 valence electrons. The van der Waals surface area contributed by atoms with Crippen molar-refractivity contribution in [3.63, 3.8) is 0 Å². The molecule has 0 aromatic rings. The number of hydrogen-bond acceptors (Lipinski definition) is 5. The zero-order chi connectivity index (χ0) is 13.8. The van der Waals surface area contributed by atoms with Crippen LogP contribution in [0.2, 0.25) is 0 Å². The van der Waals surface area contributed by atoms with Gasteiger partial charge in [0.25, 0.3) is 5.91 Å². The van der Waals surface area contributed by atoms with Gasteiger partial charge in [-0.05, 0) is 12.3 Å². The van der Waals surface area contributed by atoms with Crippen molar-refractivity contribution in [3.8, 4) is 0 Å². The Kier molecular flexibility index (Phi) is 8.97. The average molecular weight is 356 g/mol. The molecule has 3 aliphatic heterocycles. The third-order valence-corrected chi connectivity index (χ3v) is 4.43. The van der Waals surface area contributed by atoms with Crippen molar-refractivity contribution in [1.82, 2.24) is 15.1 Å². The second-order valence-corrected chi connectivity index (χ2v) is 5.92. The fourth-order valence-corrected chi connectivity index (χ4v) is 3.17. The zero-order valence-corrected chi connectivity index (χ0v) is 14.5. The Bertz CT molecular complexity index is 329. The summed E-state index contributed by atoms with van der Waals surface area (Å²) in [6, 6.07) is 0. The van der Waals surface area contributed by atoms with E-state index in [-0.39, 0.29) is 36.8 Å². The smallest absolute Gasteiger partial charge is 0.253 e. The van der Waals surface area contributed by atoms with Crippen LogP contribution in [-0.2, 0) is 14.3 Å². The third-order valence-electron chi connectivity index (χ3n) is 4.43. The summed E-state index contributed by atoms with van der Waals surface area (Å²) in [4.78, 5) is 16.7. The highest BCUT2D eigenvalue weighted by molar-refractivity contribution is 5.85. The van der Waals surface area contributed by atoms with Crippen molar-refractivity contribution in [1.29, 1.82) is 0 Å². The van der Waals surface area contributed by atoms with Crippen LogP contribution in [0.1, 0.15) is 6.42 Å². The van der Waals surface area contributed by atoms with E-state index < -0.39 is 0 Å². The molecule has 1 N–H and O–H groups in total. The first-order valence-corrected chi connectivity index (χ1v) is 7.74. The lowest BCUT2D eigenvalue weighted by molar-refractivity contribution is -0.147. The first-order valence-electron chi connectivity index (χ1n) is 7.74. The van der Waals surface area contributed by atoms with Crippen molar-refractivity contribution in [2.45, 2.75) is 12.5 Å². The van der Waals surface area contributed by atoms with Gasteiger partial charge in [-0.3, -0.25) is 9.69 Å². The van der Waals surface area contributed by atoms with Gasteiger partial charge in [0.2, 0.25) is 0 Å². The number of nitrogens with zero attached hydrogens (tertiary/aromatic N) is 2. The predicted molar refractivity (Wildman–Crippen MR) is 89.1 cm³/mol. The van der Waals surface area contributed by atoms with Gasteiger partial charge >= 0.3 is 0 Å². The molecule has 3 heterocycles. The maximum absolute atomic E-state index is 12.3. The van der Waals surface area contributed by atoms with Crippen LogP contribution in [0, 0.1) is 5.92 Å². The number of carbonyl (C=O) groups is 1. The second kappa shape index (κ2) is 9.90. The lowest BCUT2D eigenvalue weighted by Gasteiger charge is -2.37. The molecule has 0 bridgehead atoms. The Morgan fingerprint density at radius 1 is 1.14 bits per heavy atom. The third kappa shape index (κ3) is 5.22. The zero-order valence-electron chi connectivity index (χ0n) is 12.9. The molecule has 0 aliphatic carbocycles. The molecule has 0 saturated carbocycles. The number of halogens is 2. The van der Waals surface area contributed by atoms with E-state index in [1.165, 1.54) is 6.42 Å². The van der Waals surface area contributed by atoms with E-state index in [1.54, 1.807) is 0 Å². The standard InChI is InChI=1S/C14H25N3O3.2ClH/c18-14(13-9-15-2-8-20-13)17-5-3-16(4-6-17)10-12-1-7-19-11-12;;/h12-13,15H,1-11H2;2*1H. The number of nitrogens with one attached hydrogen (secondary N) is 1. The Morgan fingerprint density at radius 3 is 2.50 bits per heavy atom. The first kappa shape index (κ1) is 19.9. The van der Waals surface area contributed by atoms with Crippen LogP contribution >= 0.6 is 24.8 Å². The molecule has 1 amide bonds. The Hall–Kier alpha value is -0.110. The van der Waals surface area contributed by atoms with Crippen LogP contribution in [0.3, 0.4) is 0 Å². The van der Waals surface area contributed by atoms with E-state index in [0.29, 0.717) is 19.1 Å². The SMILES string of the molecule is Cl.Cl.O=C(C1CNCCO1)N1CCN(CC2CCOC2)CC1. The molecule has 3 saturated heterocycles. The second-order valence-electron chi connectivity index (χ2n) is 5.92. The van der Waals surface area contributed by atoms with Crippen LogP contribution in [0.15, 0.2) is 0 Å². The Labute approximate surface area is 144 Å². The maximum Gasteiger partial charge on any atom is 0.253 e. The topological polar surface area (TPSA) is 54.0 Å². The van der Waals surface area contributed by atoms with Crippen molar-refractivity contribution < 1.29 is 14.3 Å². The largest absolute Gasteiger partial charge is 0.381 e. The van der Waals surface area contributed by atoms with Crippen LogP contribution in [0.4, 0.5) is 0 Å². The van der Waals surface area contributed by atoms with E-state index in [1.807, 2.05) is 4.90 Å². The van der Waals surface area contributed by atoms with Crippen LogP contribution in [-0.4, -0.2) is 87.4 Å². The molecule has 2 atom stereocenters.